The van der Waals surface area contributed by atoms with E-state index in [2.05, 4.69) is 41.1 Å². The summed E-state index contributed by atoms with van der Waals surface area (Å²) >= 11 is 1.67. The molecule has 2 aromatic carbocycles. The fourth-order valence-electron chi connectivity index (χ4n) is 3.12. The summed E-state index contributed by atoms with van der Waals surface area (Å²) in [6, 6.07) is 12.9. The standard InChI is InChI=1S/C19H19N3S/c20-9-4-3-6-14-11-15-8-10-21-23-19(15)16-12-13-5-1-2-7-17(13)22-18(14)16/h1-2,5,7-8,10-12,21H,3-4,6,9,20H2. The highest BCUT2D eigenvalue weighted by Gasteiger charge is 2.15. The second-order valence-electron chi connectivity index (χ2n) is 5.83. The van der Waals surface area contributed by atoms with Gasteiger partial charge in [0.05, 0.1) is 11.0 Å². The molecule has 0 saturated carbocycles. The Morgan fingerprint density at radius 1 is 1.13 bits per heavy atom. The molecule has 0 unspecified atom stereocenters. The molecule has 1 aliphatic heterocycles. The maximum Gasteiger partial charge on any atom is 0.0754 e. The molecule has 1 aliphatic rings. The smallest absolute Gasteiger partial charge is 0.0754 e. The summed E-state index contributed by atoms with van der Waals surface area (Å²) < 4.78 is 3.24. The molecule has 23 heavy (non-hydrogen) atoms. The Morgan fingerprint density at radius 2 is 2.04 bits per heavy atom. The molecule has 4 heteroatoms. The summed E-state index contributed by atoms with van der Waals surface area (Å²) in [5.41, 5.74) is 10.4. The highest BCUT2D eigenvalue weighted by Crippen LogP contribution is 2.36. The van der Waals surface area contributed by atoms with Crippen LogP contribution in [-0.2, 0) is 6.42 Å². The van der Waals surface area contributed by atoms with E-state index in [1.807, 2.05) is 12.3 Å². The van der Waals surface area contributed by atoms with Gasteiger partial charge >= 0.3 is 0 Å². The summed E-state index contributed by atoms with van der Waals surface area (Å²) in [4.78, 5) is 6.24. The number of nitrogens with one attached hydrogen (secondary N) is 1. The predicted molar refractivity (Wildman–Crippen MR) is 99.3 cm³/mol. The lowest BCUT2D eigenvalue weighted by Gasteiger charge is -2.17. The fraction of sp³-hybridized carbons (Fsp3) is 0.211. The lowest BCUT2D eigenvalue weighted by atomic mass is 9.99. The van der Waals surface area contributed by atoms with Gasteiger partial charge in [0.15, 0.2) is 0 Å². The summed E-state index contributed by atoms with van der Waals surface area (Å²) in [6.07, 6.45) is 7.33. The monoisotopic (exact) mass is 321 g/mol. The number of benzene rings is 2. The molecule has 0 bridgehead atoms. The van der Waals surface area contributed by atoms with Crippen molar-refractivity contribution in [3.8, 4) is 0 Å². The maximum absolute atomic E-state index is 5.65. The highest BCUT2D eigenvalue weighted by atomic mass is 32.2. The van der Waals surface area contributed by atoms with Gasteiger partial charge in [-0.1, -0.05) is 18.2 Å². The van der Waals surface area contributed by atoms with Gasteiger partial charge in [0, 0.05) is 21.9 Å². The van der Waals surface area contributed by atoms with Crippen LogP contribution in [0.15, 0.2) is 47.5 Å². The molecular weight excluding hydrogens is 302 g/mol. The van der Waals surface area contributed by atoms with E-state index in [1.165, 1.54) is 26.8 Å². The van der Waals surface area contributed by atoms with E-state index in [9.17, 15) is 0 Å². The van der Waals surface area contributed by atoms with E-state index in [0.717, 1.165) is 36.8 Å². The van der Waals surface area contributed by atoms with Gasteiger partial charge in [-0.05, 0) is 73.2 Å². The number of nitrogens with zero attached hydrogens (tertiary/aromatic N) is 1. The molecule has 116 valence electrons. The molecule has 0 aliphatic carbocycles. The summed E-state index contributed by atoms with van der Waals surface area (Å²) in [5.74, 6) is 0. The molecule has 4 rings (SSSR count). The molecule has 0 spiro atoms. The van der Waals surface area contributed by atoms with Gasteiger partial charge in [-0.2, -0.15) is 0 Å². The zero-order valence-corrected chi connectivity index (χ0v) is 13.7. The lowest BCUT2D eigenvalue weighted by Crippen LogP contribution is -2.03. The molecule has 3 aromatic rings. The molecule has 0 radical (unpaired) electrons. The third kappa shape index (κ3) is 2.69. The van der Waals surface area contributed by atoms with Crippen molar-refractivity contribution in [3.05, 3.63) is 53.7 Å². The largest absolute Gasteiger partial charge is 0.332 e. The Bertz CT molecular complexity index is 902. The zero-order valence-electron chi connectivity index (χ0n) is 12.9. The van der Waals surface area contributed by atoms with Gasteiger partial charge in [0.25, 0.3) is 0 Å². The van der Waals surface area contributed by atoms with E-state index < -0.39 is 0 Å². The molecule has 0 fully saturated rings. The SMILES string of the molecule is NCCCCc1cc2c(c3cc4ccccc4nc13)SNC=C2. The van der Waals surface area contributed by atoms with Crippen LogP contribution in [0.5, 0.6) is 0 Å². The van der Waals surface area contributed by atoms with Crippen LogP contribution in [0, 0.1) is 0 Å². The summed E-state index contributed by atoms with van der Waals surface area (Å²) in [7, 11) is 0. The number of rotatable bonds is 4. The third-order valence-electron chi connectivity index (χ3n) is 4.26. The second kappa shape index (κ2) is 6.22. The van der Waals surface area contributed by atoms with Gasteiger partial charge in [-0.15, -0.1) is 0 Å². The van der Waals surface area contributed by atoms with Crippen LogP contribution in [-0.4, -0.2) is 11.5 Å². The van der Waals surface area contributed by atoms with Crippen LogP contribution in [0.3, 0.4) is 0 Å². The zero-order chi connectivity index (χ0) is 15.6. The Morgan fingerprint density at radius 3 is 2.96 bits per heavy atom. The maximum atomic E-state index is 5.65. The first-order chi connectivity index (χ1) is 11.4. The lowest BCUT2D eigenvalue weighted by molar-refractivity contribution is 0.746. The van der Waals surface area contributed by atoms with Crippen LogP contribution in [0.4, 0.5) is 0 Å². The number of nitrogens with two attached hydrogens (primary N) is 1. The van der Waals surface area contributed by atoms with Crippen molar-refractivity contribution in [2.45, 2.75) is 24.2 Å². The van der Waals surface area contributed by atoms with Gasteiger partial charge in [0.2, 0.25) is 0 Å². The average molecular weight is 321 g/mol. The minimum absolute atomic E-state index is 0.749. The normalized spacial score (nSPS) is 13.3. The molecule has 2 heterocycles. The fourth-order valence-corrected chi connectivity index (χ4v) is 3.88. The van der Waals surface area contributed by atoms with E-state index in [4.69, 9.17) is 10.7 Å². The number of unbranched alkanes of at least 4 members (excludes halogenated alkanes) is 1. The van der Waals surface area contributed by atoms with Gasteiger partial charge < -0.3 is 10.5 Å². The summed E-state index contributed by atoms with van der Waals surface area (Å²) in [5, 5.41) is 2.43. The van der Waals surface area contributed by atoms with Crippen molar-refractivity contribution in [2.24, 2.45) is 5.73 Å². The van der Waals surface area contributed by atoms with Crippen LogP contribution < -0.4 is 10.5 Å². The number of aryl methyl sites for hydroxylation is 1. The van der Waals surface area contributed by atoms with Crippen LogP contribution in [0.1, 0.15) is 24.0 Å². The topological polar surface area (TPSA) is 50.9 Å². The highest BCUT2D eigenvalue weighted by molar-refractivity contribution is 7.97. The van der Waals surface area contributed by atoms with Gasteiger partial charge in [-0.25, -0.2) is 4.98 Å². The number of aromatic nitrogens is 1. The predicted octanol–water partition coefficient (Wildman–Crippen LogP) is 4.25. The van der Waals surface area contributed by atoms with Crippen molar-refractivity contribution in [3.63, 3.8) is 0 Å². The van der Waals surface area contributed by atoms with Crippen LogP contribution in [0.25, 0.3) is 27.9 Å². The Hall–Kier alpha value is -2.04. The molecular formula is C19H19N3S. The third-order valence-corrected chi connectivity index (χ3v) is 5.17. The van der Waals surface area contributed by atoms with Crippen LogP contribution in [0.2, 0.25) is 0 Å². The molecule has 3 nitrogen and oxygen atoms in total. The van der Waals surface area contributed by atoms with E-state index in [-0.39, 0.29) is 0 Å². The van der Waals surface area contributed by atoms with E-state index in [1.54, 1.807) is 11.9 Å². The van der Waals surface area contributed by atoms with Crippen molar-refractivity contribution in [2.75, 3.05) is 6.54 Å². The van der Waals surface area contributed by atoms with Crippen LogP contribution >= 0.6 is 11.9 Å². The average Bonchev–Trinajstić information content (AvgIpc) is 2.60. The van der Waals surface area contributed by atoms with Crippen molar-refractivity contribution in [1.82, 2.24) is 9.71 Å². The molecule has 0 amide bonds. The van der Waals surface area contributed by atoms with Crippen molar-refractivity contribution < 1.29 is 0 Å². The van der Waals surface area contributed by atoms with E-state index >= 15 is 0 Å². The molecule has 0 saturated heterocycles. The van der Waals surface area contributed by atoms with Gasteiger partial charge in [0.1, 0.15) is 0 Å². The van der Waals surface area contributed by atoms with Gasteiger partial charge in [-0.3, -0.25) is 0 Å². The minimum atomic E-state index is 0.749. The first-order valence-corrected chi connectivity index (χ1v) is 8.83. The number of para-hydroxylation sites is 1. The molecule has 1 aromatic heterocycles. The Labute approximate surface area is 140 Å². The summed E-state index contributed by atoms with van der Waals surface area (Å²) in [6.45, 7) is 0.749. The number of hydrogen-bond donors (Lipinski definition) is 2. The minimum Gasteiger partial charge on any atom is -0.332 e. The molecule has 3 N–H and O–H groups in total. The quantitative estimate of drug-likeness (QED) is 0.428. The number of fused-ring (bicyclic) bond motifs is 4. The van der Waals surface area contributed by atoms with Crippen molar-refractivity contribution >= 4 is 39.8 Å². The Kier molecular flexibility index (Phi) is 3.93. The van der Waals surface area contributed by atoms with E-state index in [0.29, 0.717) is 0 Å². The first kappa shape index (κ1) is 14.5. The number of pyridine rings is 1. The first-order valence-electron chi connectivity index (χ1n) is 8.01. The number of hydrogen-bond acceptors (Lipinski definition) is 4. The Balaban J connectivity index is 1.96. The van der Waals surface area contributed by atoms with Crippen molar-refractivity contribution in [1.29, 1.82) is 0 Å². The molecule has 0 atom stereocenters. The second-order valence-corrected chi connectivity index (χ2v) is 6.68.